The molecule has 2 aliphatic heterocycles. The second kappa shape index (κ2) is 10.6. The second-order valence-corrected chi connectivity index (χ2v) is 8.18. The van der Waals surface area contributed by atoms with Crippen LogP contribution in [0.1, 0.15) is 39.4 Å². The number of carbonyl (C=O) groups excluding carboxylic acids is 3. The van der Waals surface area contributed by atoms with Crippen molar-refractivity contribution < 1.29 is 23.9 Å². The molecule has 4 rings (SSSR count). The zero-order chi connectivity index (χ0) is 24.1. The summed E-state index contributed by atoms with van der Waals surface area (Å²) >= 11 is 0. The highest BCUT2D eigenvalue weighted by Gasteiger charge is 2.36. The van der Waals surface area contributed by atoms with Crippen LogP contribution >= 0.6 is 0 Å². The Morgan fingerprint density at radius 3 is 2.35 bits per heavy atom. The van der Waals surface area contributed by atoms with E-state index < -0.39 is 0 Å². The lowest BCUT2D eigenvalue weighted by atomic mass is 10.1. The van der Waals surface area contributed by atoms with Crippen molar-refractivity contribution in [1.29, 1.82) is 0 Å². The maximum absolute atomic E-state index is 12.9. The van der Waals surface area contributed by atoms with Gasteiger partial charge in [0.1, 0.15) is 6.17 Å². The summed E-state index contributed by atoms with van der Waals surface area (Å²) in [6, 6.07) is 14.8. The summed E-state index contributed by atoms with van der Waals surface area (Å²) in [5.41, 5.74) is 2.99. The average molecular weight is 467 g/mol. The molecule has 34 heavy (non-hydrogen) atoms. The third kappa shape index (κ3) is 4.84. The number of anilines is 1. The first-order valence-corrected chi connectivity index (χ1v) is 11.5. The lowest BCUT2D eigenvalue weighted by Gasteiger charge is -2.34. The van der Waals surface area contributed by atoms with E-state index >= 15 is 0 Å². The fraction of sp³-hybridized carbons (Fsp3) is 0.400. The lowest BCUT2D eigenvalue weighted by molar-refractivity contribution is 0.0570. The highest BCUT2D eigenvalue weighted by Crippen LogP contribution is 2.34. The van der Waals surface area contributed by atoms with Crippen LogP contribution in [0.25, 0.3) is 0 Å². The monoisotopic (exact) mass is 466 g/mol. The van der Waals surface area contributed by atoms with Crippen molar-refractivity contribution >= 4 is 23.6 Å². The molecule has 0 saturated carbocycles. The van der Waals surface area contributed by atoms with E-state index in [0.29, 0.717) is 57.1 Å². The van der Waals surface area contributed by atoms with E-state index in [2.05, 4.69) is 5.32 Å². The van der Waals surface area contributed by atoms with Crippen molar-refractivity contribution in [2.24, 2.45) is 0 Å². The van der Waals surface area contributed by atoms with Crippen molar-refractivity contribution in [2.75, 3.05) is 58.4 Å². The maximum Gasteiger partial charge on any atom is 0.409 e. The second-order valence-electron chi connectivity index (χ2n) is 8.18. The predicted molar refractivity (Wildman–Crippen MR) is 127 cm³/mol. The number of fused-ring (bicyclic) bond motifs is 1. The molecule has 1 saturated heterocycles. The van der Waals surface area contributed by atoms with Gasteiger partial charge in [0.05, 0.1) is 13.2 Å². The Bertz CT molecular complexity index is 1030. The van der Waals surface area contributed by atoms with E-state index in [-0.39, 0.29) is 24.1 Å². The number of hydrogen-bond donors (Lipinski definition) is 1. The number of benzene rings is 2. The van der Waals surface area contributed by atoms with Crippen LogP contribution < -0.4 is 5.32 Å². The number of amides is 3. The maximum atomic E-state index is 12.9. The van der Waals surface area contributed by atoms with Gasteiger partial charge in [0, 0.05) is 62.2 Å². The van der Waals surface area contributed by atoms with Gasteiger partial charge in [0.2, 0.25) is 0 Å². The molecular weight excluding hydrogens is 436 g/mol. The normalized spacial score (nSPS) is 17.5. The fourth-order valence-electron chi connectivity index (χ4n) is 4.30. The third-order valence-corrected chi connectivity index (χ3v) is 6.12. The SMILES string of the molecule is CCOC(=O)N1CCN(C(=O)c2ccc(NC3c4ccccc4C(=O)N3CCOC)cc2)CC1. The van der Waals surface area contributed by atoms with Gasteiger partial charge >= 0.3 is 6.09 Å². The fourth-order valence-corrected chi connectivity index (χ4v) is 4.30. The Balaban J connectivity index is 1.41. The van der Waals surface area contributed by atoms with Gasteiger partial charge in [-0.2, -0.15) is 0 Å². The Kier molecular flexibility index (Phi) is 7.32. The van der Waals surface area contributed by atoms with Crippen LogP contribution in [0.15, 0.2) is 48.5 Å². The van der Waals surface area contributed by atoms with Crippen molar-refractivity contribution in [2.45, 2.75) is 13.1 Å². The lowest BCUT2D eigenvalue weighted by Crippen LogP contribution is -2.50. The van der Waals surface area contributed by atoms with Gasteiger partial charge in [-0.3, -0.25) is 9.59 Å². The van der Waals surface area contributed by atoms with Crippen molar-refractivity contribution in [3.05, 3.63) is 65.2 Å². The number of carbonyl (C=O) groups is 3. The first-order valence-electron chi connectivity index (χ1n) is 11.5. The number of ether oxygens (including phenoxy) is 2. The van der Waals surface area contributed by atoms with Crippen LogP contribution in [0.2, 0.25) is 0 Å². The van der Waals surface area contributed by atoms with Crippen molar-refractivity contribution in [3.8, 4) is 0 Å². The number of nitrogens with one attached hydrogen (secondary N) is 1. The Hall–Kier alpha value is -3.59. The van der Waals surface area contributed by atoms with Gasteiger partial charge in [-0.05, 0) is 37.3 Å². The first kappa shape index (κ1) is 23.6. The van der Waals surface area contributed by atoms with Crippen LogP contribution in [-0.2, 0) is 9.47 Å². The van der Waals surface area contributed by atoms with Gasteiger partial charge in [-0.1, -0.05) is 18.2 Å². The average Bonchev–Trinajstić information content (AvgIpc) is 3.13. The van der Waals surface area contributed by atoms with Crippen LogP contribution in [0.4, 0.5) is 10.5 Å². The minimum Gasteiger partial charge on any atom is -0.450 e. The number of nitrogens with zero attached hydrogens (tertiary/aromatic N) is 3. The molecule has 1 unspecified atom stereocenters. The molecule has 2 heterocycles. The molecular formula is C25H30N4O5. The molecule has 1 fully saturated rings. The molecule has 180 valence electrons. The Morgan fingerprint density at radius 1 is 1.00 bits per heavy atom. The van der Waals surface area contributed by atoms with Crippen LogP contribution in [0.3, 0.4) is 0 Å². The van der Waals surface area contributed by atoms with Gasteiger partial charge in [-0.15, -0.1) is 0 Å². The minimum atomic E-state index is -0.337. The molecule has 0 spiro atoms. The Morgan fingerprint density at radius 2 is 1.68 bits per heavy atom. The first-order chi connectivity index (χ1) is 16.5. The molecule has 0 aromatic heterocycles. The van der Waals surface area contributed by atoms with E-state index in [0.717, 1.165) is 11.3 Å². The Labute approximate surface area is 199 Å². The number of hydrogen-bond acceptors (Lipinski definition) is 6. The van der Waals surface area contributed by atoms with Crippen LogP contribution in [0.5, 0.6) is 0 Å². The zero-order valence-electron chi connectivity index (χ0n) is 19.5. The molecule has 9 heteroatoms. The van der Waals surface area contributed by atoms with Crippen LogP contribution in [0, 0.1) is 0 Å². The topological polar surface area (TPSA) is 91.4 Å². The number of rotatable bonds is 7. The van der Waals surface area contributed by atoms with Crippen LogP contribution in [-0.4, -0.2) is 85.7 Å². The molecule has 1 N–H and O–H groups in total. The van der Waals surface area contributed by atoms with Gasteiger partial charge in [0.25, 0.3) is 11.8 Å². The molecule has 1 atom stereocenters. The smallest absolute Gasteiger partial charge is 0.409 e. The minimum absolute atomic E-state index is 0.0288. The van der Waals surface area contributed by atoms with E-state index in [1.807, 2.05) is 36.4 Å². The van der Waals surface area contributed by atoms with Gasteiger partial charge in [0.15, 0.2) is 0 Å². The summed E-state index contributed by atoms with van der Waals surface area (Å²) in [6.07, 6.45) is -0.645. The predicted octanol–water partition coefficient (Wildman–Crippen LogP) is 2.81. The van der Waals surface area contributed by atoms with E-state index in [1.165, 1.54) is 0 Å². The molecule has 3 amide bonds. The standard InChI is InChI=1S/C25H30N4O5/c1-3-34-25(32)28-14-12-27(13-15-28)23(30)18-8-10-19(11-9-18)26-22-20-6-4-5-7-21(20)24(31)29(22)16-17-33-2/h4-11,22,26H,3,12-17H2,1-2H3. The molecule has 2 aromatic carbocycles. The summed E-state index contributed by atoms with van der Waals surface area (Å²) in [4.78, 5) is 42.8. The van der Waals surface area contributed by atoms with E-state index in [1.54, 1.807) is 40.9 Å². The molecule has 2 aliphatic rings. The van der Waals surface area contributed by atoms with Gasteiger partial charge in [-0.25, -0.2) is 4.79 Å². The van der Waals surface area contributed by atoms with Crippen molar-refractivity contribution in [1.82, 2.24) is 14.7 Å². The molecule has 2 aromatic rings. The zero-order valence-corrected chi connectivity index (χ0v) is 19.5. The molecule has 0 aliphatic carbocycles. The number of piperazine rings is 1. The summed E-state index contributed by atoms with van der Waals surface area (Å²) in [5, 5.41) is 3.43. The highest BCUT2D eigenvalue weighted by atomic mass is 16.6. The third-order valence-electron chi connectivity index (χ3n) is 6.12. The highest BCUT2D eigenvalue weighted by molar-refractivity contribution is 5.99. The summed E-state index contributed by atoms with van der Waals surface area (Å²) < 4.78 is 10.2. The quantitative estimate of drug-likeness (QED) is 0.675. The summed E-state index contributed by atoms with van der Waals surface area (Å²) in [5.74, 6) is -0.0999. The molecule has 0 bridgehead atoms. The summed E-state index contributed by atoms with van der Waals surface area (Å²) in [7, 11) is 1.61. The van der Waals surface area contributed by atoms with E-state index in [9.17, 15) is 14.4 Å². The molecule has 0 radical (unpaired) electrons. The molecule has 9 nitrogen and oxygen atoms in total. The van der Waals surface area contributed by atoms with Crippen molar-refractivity contribution in [3.63, 3.8) is 0 Å². The number of methoxy groups -OCH3 is 1. The summed E-state index contributed by atoms with van der Waals surface area (Å²) in [6.45, 7) is 4.86. The van der Waals surface area contributed by atoms with E-state index in [4.69, 9.17) is 9.47 Å². The van der Waals surface area contributed by atoms with Gasteiger partial charge < -0.3 is 29.5 Å². The largest absolute Gasteiger partial charge is 0.450 e.